The molecule has 0 bridgehead atoms. The zero-order chi connectivity index (χ0) is 26.1. The third-order valence-corrected chi connectivity index (χ3v) is 7.03. The molecule has 4 aromatic rings. The molecule has 0 aliphatic carbocycles. The van der Waals surface area contributed by atoms with E-state index in [-0.39, 0.29) is 11.8 Å². The van der Waals surface area contributed by atoms with Crippen molar-refractivity contribution in [3.05, 3.63) is 48.0 Å². The first-order valence-electron chi connectivity index (χ1n) is 12.7. The number of carbonyl (C=O) groups excluding carboxylic acids is 1. The molecule has 1 fully saturated rings. The van der Waals surface area contributed by atoms with Gasteiger partial charge in [0, 0.05) is 36.6 Å². The maximum Gasteiger partial charge on any atom is 0.236 e. The second-order valence-corrected chi connectivity index (χ2v) is 10.2. The summed E-state index contributed by atoms with van der Waals surface area (Å²) in [6.07, 6.45) is 7.32. The number of aromatic amines is 1. The monoisotopic (exact) mass is 502 g/mol. The Labute approximate surface area is 216 Å². The Morgan fingerprint density at radius 1 is 1.22 bits per heavy atom. The highest BCUT2D eigenvalue weighted by molar-refractivity contribution is 5.78. The number of nitrogens with one attached hydrogen (secondary N) is 1. The standard InChI is InChI=1S/C27H34N8O2/c1-17(2)24-25(20-12-22(37-5)27-29-16-30-35(27)14-20)31-32-26(24)21-7-6-19(13-28-21)18-8-10-34(11-9-18)23(36)15-33(3)4/h6-7,12-14,16-18H,8-11,15H2,1-5H3,(H,31,32). The van der Waals surface area contributed by atoms with Crippen molar-refractivity contribution in [3.8, 4) is 28.4 Å². The number of H-pyrrole nitrogens is 1. The van der Waals surface area contributed by atoms with Gasteiger partial charge in [-0.05, 0) is 56.5 Å². The van der Waals surface area contributed by atoms with Crippen molar-refractivity contribution < 1.29 is 9.53 Å². The first-order valence-corrected chi connectivity index (χ1v) is 12.7. The summed E-state index contributed by atoms with van der Waals surface area (Å²) in [5.74, 6) is 1.47. The lowest BCUT2D eigenvalue weighted by atomic mass is 9.90. The molecule has 1 N–H and O–H groups in total. The number of aromatic nitrogens is 6. The van der Waals surface area contributed by atoms with Gasteiger partial charge in [-0.25, -0.2) is 9.50 Å². The summed E-state index contributed by atoms with van der Waals surface area (Å²) in [4.78, 5) is 25.4. The van der Waals surface area contributed by atoms with Crippen LogP contribution in [0.25, 0.3) is 28.3 Å². The summed E-state index contributed by atoms with van der Waals surface area (Å²) in [5.41, 5.74) is 6.50. The summed E-state index contributed by atoms with van der Waals surface area (Å²) in [5, 5.41) is 12.2. The van der Waals surface area contributed by atoms with Crippen LogP contribution in [0.1, 0.15) is 49.7 Å². The minimum Gasteiger partial charge on any atom is -0.493 e. The number of pyridine rings is 2. The van der Waals surface area contributed by atoms with Gasteiger partial charge < -0.3 is 14.5 Å². The molecule has 1 saturated heterocycles. The molecular formula is C27H34N8O2. The lowest BCUT2D eigenvalue weighted by molar-refractivity contribution is -0.132. The third-order valence-electron chi connectivity index (χ3n) is 7.03. The van der Waals surface area contributed by atoms with Gasteiger partial charge in [-0.3, -0.25) is 14.9 Å². The molecule has 1 aliphatic rings. The molecule has 0 unspecified atom stereocenters. The van der Waals surface area contributed by atoms with Gasteiger partial charge in [-0.1, -0.05) is 19.9 Å². The molecule has 0 saturated carbocycles. The number of nitrogens with zero attached hydrogens (tertiary/aromatic N) is 7. The normalized spacial score (nSPS) is 14.7. The van der Waals surface area contributed by atoms with Crippen LogP contribution in [0.4, 0.5) is 0 Å². The second kappa shape index (κ2) is 10.3. The number of rotatable bonds is 7. The van der Waals surface area contributed by atoms with Crippen LogP contribution in [0.2, 0.25) is 0 Å². The Morgan fingerprint density at radius 3 is 2.65 bits per heavy atom. The van der Waals surface area contributed by atoms with Crippen LogP contribution in [0.15, 0.2) is 36.9 Å². The molecule has 194 valence electrons. The number of ether oxygens (including phenoxy) is 1. The van der Waals surface area contributed by atoms with Gasteiger partial charge in [-0.15, -0.1) is 0 Å². The van der Waals surface area contributed by atoms with Crippen LogP contribution < -0.4 is 4.74 Å². The quantitative estimate of drug-likeness (QED) is 0.412. The molecular weight excluding hydrogens is 468 g/mol. The Bertz CT molecular complexity index is 1380. The summed E-state index contributed by atoms with van der Waals surface area (Å²) in [7, 11) is 5.49. The van der Waals surface area contributed by atoms with Crippen molar-refractivity contribution in [2.24, 2.45) is 0 Å². The molecule has 5 rings (SSSR count). The Hall–Kier alpha value is -3.79. The minimum absolute atomic E-state index is 0.203. The van der Waals surface area contributed by atoms with E-state index >= 15 is 0 Å². The molecule has 37 heavy (non-hydrogen) atoms. The largest absolute Gasteiger partial charge is 0.493 e. The lowest BCUT2D eigenvalue weighted by Gasteiger charge is -2.32. The highest BCUT2D eigenvalue weighted by Crippen LogP contribution is 2.37. The van der Waals surface area contributed by atoms with E-state index in [1.165, 1.54) is 11.9 Å². The third kappa shape index (κ3) is 4.93. The number of hydrogen-bond acceptors (Lipinski definition) is 7. The molecule has 10 heteroatoms. The molecule has 1 amide bonds. The first kappa shape index (κ1) is 24.9. The SMILES string of the molecule is COc1cc(-c2n[nH]c(-c3ccc(C4CCN(C(=O)CN(C)C)CC4)cn3)c2C(C)C)cn2ncnc12. The fourth-order valence-corrected chi connectivity index (χ4v) is 5.13. The molecule has 0 atom stereocenters. The Morgan fingerprint density at radius 2 is 2.00 bits per heavy atom. The predicted octanol–water partition coefficient (Wildman–Crippen LogP) is 3.58. The number of carbonyl (C=O) groups is 1. The van der Waals surface area contributed by atoms with E-state index < -0.39 is 0 Å². The Balaban J connectivity index is 1.38. The number of likely N-dealkylation sites (tertiary alicyclic amines) is 1. The van der Waals surface area contributed by atoms with Crippen molar-refractivity contribution in [2.45, 2.75) is 38.5 Å². The van der Waals surface area contributed by atoms with Crippen molar-refractivity contribution in [3.63, 3.8) is 0 Å². The molecule has 10 nitrogen and oxygen atoms in total. The molecule has 0 radical (unpaired) electrons. The van der Waals surface area contributed by atoms with Gasteiger partial charge >= 0.3 is 0 Å². The van der Waals surface area contributed by atoms with Crippen LogP contribution in [0, 0.1) is 0 Å². The van der Waals surface area contributed by atoms with Crippen LogP contribution in [0.5, 0.6) is 5.75 Å². The van der Waals surface area contributed by atoms with E-state index in [0.717, 1.165) is 54.1 Å². The molecule has 0 aromatic carbocycles. The van der Waals surface area contributed by atoms with Crippen molar-refractivity contribution in [1.29, 1.82) is 0 Å². The van der Waals surface area contributed by atoms with E-state index in [0.29, 0.717) is 23.9 Å². The summed E-state index contributed by atoms with van der Waals surface area (Å²) >= 11 is 0. The highest BCUT2D eigenvalue weighted by atomic mass is 16.5. The number of piperidine rings is 1. The topological polar surface area (TPSA) is 105 Å². The smallest absolute Gasteiger partial charge is 0.236 e. The number of likely N-dealkylation sites (N-methyl/N-ethyl adjacent to an activating group) is 1. The van der Waals surface area contributed by atoms with E-state index in [1.54, 1.807) is 11.6 Å². The maximum absolute atomic E-state index is 12.4. The van der Waals surface area contributed by atoms with Crippen LogP contribution in [-0.2, 0) is 4.79 Å². The van der Waals surface area contributed by atoms with E-state index in [9.17, 15) is 4.79 Å². The zero-order valence-corrected chi connectivity index (χ0v) is 22.1. The van der Waals surface area contributed by atoms with Gasteiger partial charge in [0.15, 0.2) is 11.4 Å². The Kier molecular flexibility index (Phi) is 6.92. The second-order valence-electron chi connectivity index (χ2n) is 10.2. The molecule has 4 aromatic heterocycles. The fourth-order valence-electron chi connectivity index (χ4n) is 5.13. The fraction of sp³-hybridized carbons (Fsp3) is 0.444. The van der Waals surface area contributed by atoms with E-state index in [1.807, 2.05) is 42.4 Å². The van der Waals surface area contributed by atoms with Crippen molar-refractivity contribution >= 4 is 11.6 Å². The average molecular weight is 503 g/mol. The number of amides is 1. The lowest BCUT2D eigenvalue weighted by Crippen LogP contribution is -2.42. The van der Waals surface area contributed by atoms with Crippen LogP contribution >= 0.6 is 0 Å². The highest BCUT2D eigenvalue weighted by Gasteiger charge is 2.25. The average Bonchev–Trinajstić information content (AvgIpc) is 3.55. The van der Waals surface area contributed by atoms with Gasteiger partial charge in [0.2, 0.25) is 5.91 Å². The van der Waals surface area contributed by atoms with Crippen molar-refractivity contribution in [1.82, 2.24) is 39.6 Å². The predicted molar refractivity (Wildman–Crippen MR) is 142 cm³/mol. The maximum atomic E-state index is 12.4. The summed E-state index contributed by atoms with van der Waals surface area (Å²) < 4.78 is 7.26. The minimum atomic E-state index is 0.203. The number of fused-ring (bicyclic) bond motifs is 1. The van der Waals surface area contributed by atoms with E-state index in [2.05, 4.69) is 46.3 Å². The summed E-state index contributed by atoms with van der Waals surface area (Å²) in [6, 6.07) is 6.19. The molecule has 1 aliphatic heterocycles. The van der Waals surface area contributed by atoms with Crippen LogP contribution in [0.3, 0.4) is 0 Å². The van der Waals surface area contributed by atoms with E-state index in [4.69, 9.17) is 9.72 Å². The number of hydrogen-bond donors (Lipinski definition) is 1. The molecule has 0 spiro atoms. The van der Waals surface area contributed by atoms with Gasteiger partial charge in [0.1, 0.15) is 6.33 Å². The number of methoxy groups -OCH3 is 1. The zero-order valence-electron chi connectivity index (χ0n) is 22.1. The van der Waals surface area contributed by atoms with Crippen LogP contribution in [-0.4, -0.2) is 86.3 Å². The van der Waals surface area contributed by atoms with Gasteiger partial charge in [0.05, 0.1) is 30.7 Å². The van der Waals surface area contributed by atoms with Gasteiger partial charge in [0.25, 0.3) is 0 Å². The van der Waals surface area contributed by atoms with Gasteiger partial charge in [-0.2, -0.15) is 10.2 Å². The van der Waals surface area contributed by atoms with Crippen molar-refractivity contribution in [2.75, 3.05) is 40.8 Å². The summed E-state index contributed by atoms with van der Waals surface area (Å²) in [6.45, 7) is 6.36. The first-order chi connectivity index (χ1) is 17.9. The molecule has 5 heterocycles.